The molecule has 182 valence electrons. The summed E-state index contributed by atoms with van der Waals surface area (Å²) in [6.07, 6.45) is 5.30. The molecule has 1 aromatic carbocycles. The Bertz CT molecular complexity index is 1340. The number of nitrogens with zero attached hydrogens (tertiary/aromatic N) is 6. The lowest BCUT2D eigenvalue weighted by atomic mass is 10.2. The van der Waals surface area contributed by atoms with Gasteiger partial charge in [-0.15, -0.1) is 0 Å². The molecule has 3 aromatic heterocycles. The molecule has 4 heterocycles. The molecular weight excluding hydrogens is 446 g/mol. The van der Waals surface area contributed by atoms with Crippen molar-refractivity contribution in [2.75, 3.05) is 45.9 Å². The molecule has 1 fully saturated rings. The Morgan fingerprint density at radius 1 is 1.03 bits per heavy atom. The normalized spacial score (nSPS) is 14.3. The summed E-state index contributed by atoms with van der Waals surface area (Å²) in [7, 11) is 1.84. The zero-order valence-electron chi connectivity index (χ0n) is 19.8. The maximum Gasteiger partial charge on any atom is 0.266 e. The van der Waals surface area contributed by atoms with Crippen molar-refractivity contribution < 1.29 is 9.47 Å². The van der Waals surface area contributed by atoms with Crippen LogP contribution < -0.4 is 20.3 Å². The lowest BCUT2D eigenvalue weighted by molar-refractivity contribution is 0.191. The van der Waals surface area contributed by atoms with E-state index in [1.165, 1.54) is 10.7 Å². The van der Waals surface area contributed by atoms with E-state index in [2.05, 4.69) is 25.4 Å². The topological polar surface area (TPSA) is 99.3 Å². The summed E-state index contributed by atoms with van der Waals surface area (Å²) in [4.78, 5) is 19.2. The molecule has 0 saturated carbocycles. The molecule has 0 amide bonds. The molecule has 0 unspecified atom stereocenters. The number of rotatable bonds is 9. The van der Waals surface area contributed by atoms with E-state index < -0.39 is 0 Å². The van der Waals surface area contributed by atoms with E-state index in [1.54, 1.807) is 23.1 Å². The number of piperazine rings is 1. The molecule has 4 aromatic rings. The summed E-state index contributed by atoms with van der Waals surface area (Å²) in [5.74, 6) is 1.50. The third-order valence-corrected chi connectivity index (χ3v) is 5.99. The first kappa shape index (κ1) is 23.0. The number of benzene rings is 1. The lowest BCUT2D eigenvalue weighted by Gasteiger charge is -2.26. The highest BCUT2D eigenvalue weighted by Gasteiger charge is 2.10. The summed E-state index contributed by atoms with van der Waals surface area (Å²) in [6.45, 7) is 6.34. The minimum Gasteiger partial charge on any atom is -0.492 e. The molecule has 1 aliphatic heterocycles. The van der Waals surface area contributed by atoms with Crippen LogP contribution in [0.4, 0.5) is 0 Å². The Morgan fingerprint density at radius 2 is 1.89 bits per heavy atom. The van der Waals surface area contributed by atoms with Gasteiger partial charge in [0.05, 0.1) is 24.0 Å². The van der Waals surface area contributed by atoms with E-state index in [9.17, 15) is 4.79 Å². The van der Waals surface area contributed by atoms with E-state index in [-0.39, 0.29) is 5.56 Å². The summed E-state index contributed by atoms with van der Waals surface area (Å²) < 4.78 is 15.1. The summed E-state index contributed by atoms with van der Waals surface area (Å²) >= 11 is 0. The summed E-state index contributed by atoms with van der Waals surface area (Å²) in [5.41, 5.74) is 2.17. The molecule has 1 saturated heterocycles. The molecule has 0 spiro atoms. The van der Waals surface area contributed by atoms with Gasteiger partial charge in [0.1, 0.15) is 24.7 Å². The minimum absolute atomic E-state index is 0.177. The van der Waals surface area contributed by atoms with Crippen molar-refractivity contribution in [3.63, 3.8) is 0 Å². The zero-order valence-corrected chi connectivity index (χ0v) is 19.8. The van der Waals surface area contributed by atoms with Gasteiger partial charge in [0.25, 0.3) is 5.56 Å². The number of pyridine rings is 1. The number of nitrogens with one attached hydrogen (secondary N) is 1. The Hall–Kier alpha value is -3.76. The predicted octanol–water partition coefficient (Wildman–Crippen LogP) is 1.55. The van der Waals surface area contributed by atoms with Gasteiger partial charge in [-0.25, -0.2) is 4.68 Å². The van der Waals surface area contributed by atoms with E-state index >= 15 is 0 Å². The number of aromatic nitrogens is 5. The summed E-state index contributed by atoms with van der Waals surface area (Å²) in [6, 6.07) is 10.9. The number of aryl methyl sites for hydroxylation is 1. The first-order valence-corrected chi connectivity index (χ1v) is 11.8. The predicted molar refractivity (Wildman–Crippen MR) is 133 cm³/mol. The van der Waals surface area contributed by atoms with E-state index in [0.29, 0.717) is 31.2 Å². The highest BCUT2D eigenvalue weighted by molar-refractivity contribution is 5.85. The van der Waals surface area contributed by atoms with Crippen molar-refractivity contribution in [2.45, 2.75) is 6.54 Å². The Labute approximate surface area is 203 Å². The van der Waals surface area contributed by atoms with Crippen LogP contribution >= 0.6 is 0 Å². The van der Waals surface area contributed by atoms with E-state index in [1.807, 2.05) is 37.5 Å². The quantitative estimate of drug-likeness (QED) is 0.389. The molecule has 0 aliphatic carbocycles. The van der Waals surface area contributed by atoms with Crippen LogP contribution in [0.5, 0.6) is 11.5 Å². The van der Waals surface area contributed by atoms with Gasteiger partial charge in [0.15, 0.2) is 0 Å². The van der Waals surface area contributed by atoms with E-state index in [4.69, 9.17) is 9.47 Å². The largest absolute Gasteiger partial charge is 0.492 e. The van der Waals surface area contributed by atoms with Gasteiger partial charge in [-0.2, -0.15) is 10.2 Å². The minimum atomic E-state index is -0.177. The maximum atomic E-state index is 12.3. The van der Waals surface area contributed by atoms with Gasteiger partial charge in [0.2, 0.25) is 0 Å². The van der Waals surface area contributed by atoms with Gasteiger partial charge in [0, 0.05) is 75.2 Å². The molecule has 10 nitrogen and oxygen atoms in total. The standard InChI is InChI=1S/C25H29N7O3/c1-30-18-19(17-28-30)22-4-5-25(33)32(29-22)13-15-35-24-6-7-27-23-16-20(2-3-21(23)24)34-14-12-31-10-8-26-9-11-31/h2-7,16-18,26H,8-15H2,1H3. The van der Waals surface area contributed by atoms with Crippen LogP contribution in [0.25, 0.3) is 22.2 Å². The summed E-state index contributed by atoms with van der Waals surface area (Å²) in [5, 5.41) is 12.9. The molecule has 35 heavy (non-hydrogen) atoms. The molecule has 0 bridgehead atoms. The fourth-order valence-corrected chi connectivity index (χ4v) is 4.10. The van der Waals surface area contributed by atoms with Crippen molar-refractivity contribution in [3.05, 3.63) is 65.3 Å². The first-order chi connectivity index (χ1) is 17.2. The fraction of sp³-hybridized carbons (Fsp3) is 0.360. The third kappa shape index (κ3) is 5.67. The van der Waals surface area contributed by atoms with Gasteiger partial charge < -0.3 is 14.8 Å². The number of hydrogen-bond acceptors (Lipinski definition) is 8. The highest BCUT2D eigenvalue weighted by atomic mass is 16.5. The molecule has 1 aliphatic rings. The van der Waals surface area contributed by atoms with Crippen molar-refractivity contribution in [3.8, 4) is 22.8 Å². The SMILES string of the molecule is Cn1cc(-c2ccc(=O)n(CCOc3ccnc4cc(OCCN5CCNCC5)ccc34)n2)cn1. The Morgan fingerprint density at radius 3 is 2.71 bits per heavy atom. The zero-order chi connectivity index (χ0) is 24.0. The average molecular weight is 476 g/mol. The molecule has 10 heteroatoms. The maximum absolute atomic E-state index is 12.3. The van der Waals surface area contributed by atoms with Crippen LogP contribution in [-0.2, 0) is 13.6 Å². The molecule has 0 atom stereocenters. The van der Waals surface area contributed by atoms with E-state index in [0.717, 1.165) is 54.9 Å². The Balaban J connectivity index is 1.21. The number of ether oxygens (including phenoxy) is 2. The van der Waals surface area contributed by atoms with Crippen LogP contribution in [0.1, 0.15) is 0 Å². The van der Waals surface area contributed by atoms with Crippen LogP contribution in [0.15, 0.2) is 59.8 Å². The first-order valence-electron chi connectivity index (χ1n) is 11.8. The van der Waals surface area contributed by atoms with Crippen LogP contribution in [0.2, 0.25) is 0 Å². The highest BCUT2D eigenvalue weighted by Crippen LogP contribution is 2.27. The molecule has 0 radical (unpaired) electrons. The van der Waals surface area contributed by atoms with Crippen molar-refractivity contribution >= 4 is 10.9 Å². The van der Waals surface area contributed by atoms with Gasteiger partial charge in [-0.05, 0) is 24.3 Å². The van der Waals surface area contributed by atoms with Gasteiger partial charge >= 0.3 is 0 Å². The van der Waals surface area contributed by atoms with Gasteiger partial charge in [-0.1, -0.05) is 0 Å². The molecule has 5 rings (SSSR count). The van der Waals surface area contributed by atoms with Crippen LogP contribution in [-0.4, -0.2) is 75.4 Å². The second kappa shape index (κ2) is 10.7. The Kier molecular flexibility index (Phi) is 7.01. The monoisotopic (exact) mass is 475 g/mol. The van der Waals surface area contributed by atoms with Gasteiger partial charge in [-0.3, -0.25) is 19.4 Å². The average Bonchev–Trinajstić information content (AvgIpc) is 3.32. The number of fused-ring (bicyclic) bond motifs is 1. The van der Waals surface area contributed by atoms with Crippen LogP contribution in [0.3, 0.4) is 0 Å². The fourth-order valence-electron chi connectivity index (χ4n) is 4.10. The number of hydrogen-bond donors (Lipinski definition) is 1. The molecule has 1 N–H and O–H groups in total. The second-order valence-corrected chi connectivity index (χ2v) is 8.46. The van der Waals surface area contributed by atoms with Crippen molar-refractivity contribution in [1.29, 1.82) is 0 Å². The smallest absolute Gasteiger partial charge is 0.266 e. The molecular formula is C25H29N7O3. The van der Waals surface area contributed by atoms with Crippen LogP contribution in [0, 0.1) is 0 Å². The van der Waals surface area contributed by atoms with Crippen molar-refractivity contribution in [1.82, 2.24) is 34.8 Å². The third-order valence-electron chi connectivity index (χ3n) is 5.99. The van der Waals surface area contributed by atoms with Crippen molar-refractivity contribution in [2.24, 2.45) is 7.05 Å². The second-order valence-electron chi connectivity index (χ2n) is 8.46. The lowest BCUT2D eigenvalue weighted by Crippen LogP contribution is -2.44.